The zero-order valence-corrected chi connectivity index (χ0v) is 6.61. The number of rotatable bonds is 1. The lowest BCUT2D eigenvalue weighted by atomic mass is 10.4. The Morgan fingerprint density at radius 1 is 1.46 bits per heavy atom. The van der Waals surface area contributed by atoms with Crippen LogP contribution < -0.4 is 0 Å². The Morgan fingerprint density at radius 3 is 2.46 bits per heavy atom. The zero-order valence-electron chi connectivity index (χ0n) is 6.61. The minimum absolute atomic E-state index is 0.213. The van der Waals surface area contributed by atoms with Gasteiger partial charge in [-0.15, -0.1) is 0 Å². The maximum absolute atomic E-state index is 12.0. The predicted octanol–water partition coefficient (Wildman–Crippen LogP) is 1.82. The Morgan fingerprint density at radius 2 is 2.08 bits per heavy atom. The molecule has 72 valence electrons. The first-order valence-corrected chi connectivity index (χ1v) is 3.29. The molecule has 6 heteroatoms. The molecule has 0 radical (unpaired) electrons. The number of carbonyl (C=O) groups is 1. The Kier molecular flexibility index (Phi) is 2.31. The molecular formula is C7H6F3NO2. The van der Waals surface area contributed by atoms with Gasteiger partial charge in [-0.05, 0) is 12.1 Å². The van der Waals surface area contributed by atoms with E-state index in [2.05, 4.69) is 4.74 Å². The number of aromatic amines is 1. The zero-order chi connectivity index (χ0) is 10.1. The standard InChI is InChI=1S/C7H6F3NO2/c1-13-6(12)4-2-3-5(11-4)7(8,9)10/h2-3,11H,1H3. The van der Waals surface area contributed by atoms with Crippen molar-refractivity contribution in [2.24, 2.45) is 0 Å². The average molecular weight is 193 g/mol. The van der Waals surface area contributed by atoms with Gasteiger partial charge >= 0.3 is 12.1 Å². The molecule has 1 aromatic rings. The fourth-order valence-electron chi connectivity index (χ4n) is 0.789. The van der Waals surface area contributed by atoms with E-state index in [1.807, 2.05) is 4.98 Å². The monoisotopic (exact) mass is 193 g/mol. The Balaban J connectivity index is 2.93. The summed E-state index contributed by atoms with van der Waals surface area (Å²) in [5, 5.41) is 0. The SMILES string of the molecule is COC(=O)c1ccc(C(F)(F)F)[nH]1. The normalized spacial score (nSPS) is 11.4. The molecular weight excluding hydrogens is 187 g/mol. The van der Waals surface area contributed by atoms with Crippen LogP contribution in [0, 0.1) is 0 Å². The summed E-state index contributed by atoms with van der Waals surface area (Å²) in [6.07, 6.45) is -4.47. The van der Waals surface area contributed by atoms with Gasteiger partial charge in [0.2, 0.25) is 0 Å². The van der Waals surface area contributed by atoms with Crippen molar-refractivity contribution in [3.8, 4) is 0 Å². The molecule has 0 bridgehead atoms. The summed E-state index contributed by atoms with van der Waals surface area (Å²) in [6, 6.07) is 1.81. The molecule has 1 rings (SSSR count). The summed E-state index contributed by atoms with van der Waals surface area (Å²) in [6.45, 7) is 0. The van der Waals surface area contributed by atoms with Crippen molar-refractivity contribution in [2.75, 3.05) is 7.11 Å². The van der Waals surface area contributed by atoms with Gasteiger partial charge in [-0.25, -0.2) is 4.79 Å². The number of H-pyrrole nitrogens is 1. The van der Waals surface area contributed by atoms with E-state index in [4.69, 9.17) is 0 Å². The summed E-state index contributed by atoms with van der Waals surface area (Å²) in [7, 11) is 1.09. The molecule has 13 heavy (non-hydrogen) atoms. The van der Waals surface area contributed by atoms with E-state index in [-0.39, 0.29) is 5.69 Å². The van der Waals surface area contributed by atoms with E-state index in [9.17, 15) is 18.0 Å². The quantitative estimate of drug-likeness (QED) is 0.691. The fourth-order valence-corrected chi connectivity index (χ4v) is 0.789. The molecule has 1 aromatic heterocycles. The molecule has 0 aliphatic carbocycles. The first-order chi connectivity index (χ1) is 5.95. The van der Waals surface area contributed by atoms with Crippen LogP contribution >= 0.6 is 0 Å². The number of ether oxygens (including phenoxy) is 1. The number of methoxy groups -OCH3 is 1. The molecule has 1 heterocycles. The van der Waals surface area contributed by atoms with Crippen molar-refractivity contribution in [3.63, 3.8) is 0 Å². The highest BCUT2D eigenvalue weighted by Gasteiger charge is 2.32. The molecule has 3 nitrogen and oxygen atoms in total. The molecule has 0 atom stereocenters. The maximum Gasteiger partial charge on any atom is 0.431 e. The number of esters is 1. The smallest absolute Gasteiger partial charge is 0.431 e. The summed E-state index contributed by atoms with van der Waals surface area (Å²) >= 11 is 0. The minimum Gasteiger partial charge on any atom is -0.464 e. The first-order valence-electron chi connectivity index (χ1n) is 3.29. The van der Waals surface area contributed by atoms with Gasteiger partial charge in [0.25, 0.3) is 0 Å². The fraction of sp³-hybridized carbons (Fsp3) is 0.286. The van der Waals surface area contributed by atoms with E-state index in [1.165, 1.54) is 0 Å². The second-order valence-corrected chi connectivity index (χ2v) is 2.28. The van der Waals surface area contributed by atoms with Crippen molar-refractivity contribution < 1.29 is 22.7 Å². The highest BCUT2D eigenvalue weighted by atomic mass is 19.4. The first kappa shape index (κ1) is 9.63. The molecule has 0 aliphatic rings. The number of carbonyl (C=O) groups excluding carboxylic acids is 1. The van der Waals surface area contributed by atoms with Crippen molar-refractivity contribution in [3.05, 3.63) is 23.5 Å². The van der Waals surface area contributed by atoms with Gasteiger partial charge in [-0.2, -0.15) is 13.2 Å². The van der Waals surface area contributed by atoms with Crippen molar-refractivity contribution in [1.29, 1.82) is 0 Å². The van der Waals surface area contributed by atoms with Gasteiger partial charge in [0.1, 0.15) is 11.4 Å². The average Bonchev–Trinajstić information content (AvgIpc) is 2.50. The van der Waals surface area contributed by atoms with E-state index in [1.54, 1.807) is 0 Å². The lowest BCUT2D eigenvalue weighted by Gasteiger charge is -2.01. The molecule has 0 aliphatic heterocycles. The topological polar surface area (TPSA) is 42.1 Å². The molecule has 0 fully saturated rings. The summed E-state index contributed by atoms with van der Waals surface area (Å²) in [5.74, 6) is -0.824. The molecule has 0 saturated carbocycles. The second-order valence-electron chi connectivity index (χ2n) is 2.28. The number of alkyl halides is 3. The van der Waals surface area contributed by atoms with E-state index >= 15 is 0 Å². The van der Waals surface area contributed by atoms with Crippen molar-refractivity contribution >= 4 is 5.97 Å². The van der Waals surface area contributed by atoms with Gasteiger partial charge in [-0.1, -0.05) is 0 Å². The van der Waals surface area contributed by atoms with Crippen LogP contribution in [0.5, 0.6) is 0 Å². The molecule has 0 amide bonds. The van der Waals surface area contributed by atoms with Gasteiger partial charge in [0.15, 0.2) is 0 Å². The van der Waals surface area contributed by atoms with Gasteiger partial charge in [0, 0.05) is 0 Å². The Hall–Kier alpha value is -1.46. The second kappa shape index (κ2) is 3.12. The highest BCUT2D eigenvalue weighted by Crippen LogP contribution is 2.28. The summed E-state index contributed by atoms with van der Waals surface area (Å²) < 4.78 is 40.2. The molecule has 0 aromatic carbocycles. The third-order valence-corrected chi connectivity index (χ3v) is 1.40. The number of aromatic nitrogens is 1. The van der Waals surface area contributed by atoms with Crippen molar-refractivity contribution in [1.82, 2.24) is 4.98 Å². The number of halogens is 3. The van der Waals surface area contributed by atoms with Gasteiger partial charge in [-0.3, -0.25) is 0 Å². The number of nitrogens with one attached hydrogen (secondary N) is 1. The van der Waals surface area contributed by atoms with Crippen LogP contribution in [-0.4, -0.2) is 18.1 Å². The van der Waals surface area contributed by atoms with Crippen LogP contribution in [-0.2, 0) is 10.9 Å². The van der Waals surface area contributed by atoms with Crippen LogP contribution in [0.15, 0.2) is 12.1 Å². The lowest BCUT2D eigenvalue weighted by molar-refractivity contribution is -0.140. The number of hydrogen-bond donors (Lipinski definition) is 1. The van der Waals surface area contributed by atoms with Crippen LogP contribution in [0.25, 0.3) is 0 Å². The molecule has 0 unspecified atom stereocenters. The van der Waals surface area contributed by atoms with Crippen molar-refractivity contribution in [2.45, 2.75) is 6.18 Å². The van der Waals surface area contributed by atoms with Crippen LogP contribution in [0.1, 0.15) is 16.2 Å². The van der Waals surface area contributed by atoms with Crippen LogP contribution in [0.3, 0.4) is 0 Å². The minimum atomic E-state index is -4.47. The highest BCUT2D eigenvalue weighted by molar-refractivity contribution is 5.87. The third kappa shape index (κ3) is 2.01. The number of hydrogen-bond acceptors (Lipinski definition) is 2. The third-order valence-electron chi connectivity index (χ3n) is 1.40. The van der Waals surface area contributed by atoms with E-state index in [0.29, 0.717) is 0 Å². The molecule has 1 N–H and O–H groups in total. The van der Waals surface area contributed by atoms with E-state index in [0.717, 1.165) is 19.2 Å². The molecule has 0 saturated heterocycles. The van der Waals surface area contributed by atoms with Gasteiger partial charge in [0.05, 0.1) is 7.11 Å². The van der Waals surface area contributed by atoms with Crippen LogP contribution in [0.4, 0.5) is 13.2 Å². The summed E-state index contributed by atoms with van der Waals surface area (Å²) in [4.78, 5) is 12.6. The molecule has 0 spiro atoms. The maximum atomic E-state index is 12.0. The largest absolute Gasteiger partial charge is 0.464 e. The Labute approximate surface area is 71.5 Å². The lowest BCUT2D eigenvalue weighted by Crippen LogP contribution is -2.07. The predicted molar refractivity (Wildman–Crippen MR) is 37.1 cm³/mol. The summed E-state index contributed by atoms with van der Waals surface area (Å²) in [5.41, 5.74) is -1.18. The van der Waals surface area contributed by atoms with Gasteiger partial charge < -0.3 is 9.72 Å². The van der Waals surface area contributed by atoms with E-state index < -0.39 is 17.8 Å². The van der Waals surface area contributed by atoms with Crippen LogP contribution in [0.2, 0.25) is 0 Å². The Bertz CT molecular complexity index is 316.